The molecule has 2 rings (SSSR count). The fourth-order valence-electron chi connectivity index (χ4n) is 3.55. The van der Waals surface area contributed by atoms with Gasteiger partial charge in [-0.05, 0) is 43.5 Å². The lowest BCUT2D eigenvalue weighted by Gasteiger charge is -2.12. The summed E-state index contributed by atoms with van der Waals surface area (Å²) in [6.45, 7) is 6.74. The van der Waals surface area contributed by atoms with Gasteiger partial charge in [0.1, 0.15) is 23.0 Å². The molecule has 0 unspecified atom stereocenters. The van der Waals surface area contributed by atoms with Crippen LogP contribution >= 0.6 is 0 Å². The maximum absolute atomic E-state index is 6.23. The first-order chi connectivity index (χ1) is 12.8. The van der Waals surface area contributed by atoms with Crippen LogP contribution in [0.3, 0.4) is 0 Å². The molecule has 2 heterocycles. The Morgan fingerprint density at radius 3 is 1.54 bits per heavy atom. The van der Waals surface area contributed by atoms with Crippen LogP contribution in [0.15, 0.2) is 33.1 Å². The van der Waals surface area contributed by atoms with E-state index in [-0.39, 0.29) is 5.92 Å². The molecule has 146 valence electrons. The molecule has 0 aliphatic carbocycles. The van der Waals surface area contributed by atoms with E-state index in [9.17, 15) is 0 Å². The molecule has 0 aliphatic heterocycles. The topological polar surface area (TPSA) is 26.3 Å². The van der Waals surface area contributed by atoms with Crippen LogP contribution in [0.25, 0.3) is 0 Å². The molecular formula is C24H38O2. The van der Waals surface area contributed by atoms with Crippen molar-refractivity contribution >= 4 is 0 Å². The molecular weight excluding hydrogens is 320 g/mol. The second-order valence-electron chi connectivity index (χ2n) is 7.57. The number of hydrogen-bond acceptors (Lipinski definition) is 2. The van der Waals surface area contributed by atoms with Gasteiger partial charge in [0.25, 0.3) is 0 Å². The van der Waals surface area contributed by atoms with Crippen molar-refractivity contribution < 1.29 is 8.83 Å². The Morgan fingerprint density at radius 1 is 0.615 bits per heavy atom. The zero-order chi connectivity index (χ0) is 18.6. The van der Waals surface area contributed by atoms with E-state index < -0.39 is 0 Å². The van der Waals surface area contributed by atoms with Gasteiger partial charge < -0.3 is 8.83 Å². The molecule has 2 aromatic rings. The van der Waals surface area contributed by atoms with Gasteiger partial charge in [-0.15, -0.1) is 0 Å². The first-order valence-electron chi connectivity index (χ1n) is 11.0. The van der Waals surface area contributed by atoms with Crippen LogP contribution in [0.1, 0.15) is 114 Å². The Labute approximate surface area is 160 Å². The summed E-state index contributed by atoms with van der Waals surface area (Å²) in [6, 6.07) is 8.69. The Morgan fingerprint density at radius 2 is 1.08 bits per heavy atom. The van der Waals surface area contributed by atoms with Gasteiger partial charge in [-0.3, -0.25) is 0 Å². The molecule has 0 atom stereocenters. The predicted octanol–water partition coefficient (Wildman–Crippen LogP) is 8.05. The summed E-state index contributed by atoms with van der Waals surface area (Å²) >= 11 is 0. The maximum Gasteiger partial charge on any atom is 0.114 e. The number of hydrogen-bond donors (Lipinski definition) is 0. The Kier molecular flexibility index (Phi) is 9.66. The molecule has 0 N–H and O–H groups in total. The molecule has 0 radical (unpaired) electrons. The van der Waals surface area contributed by atoms with Gasteiger partial charge in [-0.25, -0.2) is 0 Å². The molecule has 2 nitrogen and oxygen atoms in total. The smallest absolute Gasteiger partial charge is 0.114 e. The SMILES string of the molecule is CCCCCc1ccc(C(CCCCC)c2ccc(CCCCC)o2)o1. The first-order valence-corrected chi connectivity index (χ1v) is 11.0. The lowest BCUT2D eigenvalue weighted by atomic mass is 9.96. The second kappa shape index (κ2) is 12.0. The van der Waals surface area contributed by atoms with E-state index in [4.69, 9.17) is 8.83 Å². The maximum atomic E-state index is 6.23. The van der Waals surface area contributed by atoms with E-state index in [2.05, 4.69) is 45.0 Å². The minimum Gasteiger partial charge on any atom is -0.465 e. The van der Waals surface area contributed by atoms with Gasteiger partial charge in [0, 0.05) is 12.8 Å². The summed E-state index contributed by atoms with van der Waals surface area (Å²) in [7, 11) is 0. The number of unbranched alkanes of at least 4 members (excludes halogenated alkanes) is 6. The van der Waals surface area contributed by atoms with Crippen LogP contribution in [0, 0.1) is 0 Å². The molecule has 0 aliphatic rings. The predicted molar refractivity (Wildman–Crippen MR) is 110 cm³/mol. The first kappa shape index (κ1) is 20.9. The van der Waals surface area contributed by atoms with Gasteiger partial charge in [-0.1, -0.05) is 65.7 Å². The molecule has 26 heavy (non-hydrogen) atoms. The normalized spacial score (nSPS) is 11.5. The molecule has 0 fully saturated rings. The summed E-state index contributed by atoms with van der Waals surface area (Å²) in [5.74, 6) is 4.69. The number of furan rings is 2. The zero-order valence-electron chi connectivity index (χ0n) is 17.2. The fourth-order valence-corrected chi connectivity index (χ4v) is 3.55. The largest absolute Gasteiger partial charge is 0.465 e. The Balaban J connectivity index is 2.05. The molecule has 0 bridgehead atoms. The molecule has 0 spiro atoms. The highest BCUT2D eigenvalue weighted by molar-refractivity contribution is 5.22. The molecule has 0 saturated carbocycles. The van der Waals surface area contributed by atoms with Crippen molar-refractivity contribution in [1.82, 2.24) is 0 Å². The lowest BCUT2D eigenvalue weighted by molar-refractivity contribution is 0.377. The summed E-state index contributed by atoms with van der Waals surface area (Å²) in [4.78, 5) is 0. The molecule has 2 heteroatoms. The molecule has 0 amide bonds. The minimum absolute atomic E-state index is 0.265. The van der Waals surface area contributed by atoms with Gasteiger partial charge in [-0.2, -0.15) is 0 Å². The van der Waals surface area contributed by atoms with E-state index in [1.165, 1.54) is 57.8 Å². The second-order valence-corrected chi connectivity index (χ2v) is 7.57. The van der Waals surface area contributed by atoms with Crippen LogP contribution in [-0.2, 0) is 12.8 Å². The van der Waals surface area contributed by atoms with E-state index in [1.54, 1.807) is 0 Å². The third-order valence-electron chi connectivity index (χ3n) is 5.20. The fraction of sp³-hybridized carbons (Fsp3) is 0.667. The quantitative estimate of drug-likeness (QED) is 0.319. The average Bonchev–Trinajstić information content (AvgIpc) is 3.29. The highest BCUT2D eigenvalue weighted by atomic mass is 16.4. The molecule has 0 aromatic carbocycles. The summed E-state index contributed by atoms with van der Waals surface area (Å²) in [6.07, 6.45) is 14.4. The van der Waals surface area contributed by atoms with Crippen molar-refractivity contribution in [3.63, 3.8) is 0 Å². The van der Waals surface area contributed by atoms with Crippen molar-refractivity contribution in [2.24, 2.45) is 0 Å². The molecule has 2 aromatic heterocycles. The summed E-state index contributed by atoms with van der Waals surface area (Å²) in [5, 5.41) is 0. The third-order valence-corrected chi connectivity index (χ3v) is 5.20. The Bertz CT molecular complexity index is 545. The number of aryl methyl sites for hydroxylation is 2. The van der Waals surface area contributed by atoms with E-state index in [0.717, 1.165) is 42.3 Å². The summed E-state index contributed by atoms with van der Waals surface area (Å²) < 4.78 is 12.5. The van der Waals surface area contributed by atoms with Gasteiger partial charge in [0.15, 0.2) is 0 Å². The number of rotatable bonds is 14. The summed E-state index contributed by atoms with van der Waals surface area (Å²) in [5.41, 5.74) is 0. The van der Waals surface area contributed by atoms with Crippen molar-refractivity contribution in [3.8, 4) is 0 Å². The molecule has 0 saturated heterocycles. The van der Waals surface area contributed by atoms with Crippen LogP contribution in [0.4, 0.5) is 0 Å². The standard InChI is InChI=1S/C24H38O2/c1-4-7-10-13-20-16-18-23(25-20)22(15-12-9-6-3)24-19-17-21(26-24)14-11-8-5-2/h16-19,22H,4-15H2,1-3H3. The van der Waals surface area contributed by atoms with Crippen molar-refractivity contribution in [1.29, 1.82) is 0 Å². The van der Waals surface area contributed by atoms with Crippen LogP contribution in [0.2, 0.25) is 0 Å². The van der Waals surface area contributed by atoms with Crippen molar-refractivity contribution in [3.05, 3.63) is 47.3 Å². The zero-order valence-corrected chi connectivity index (χ0v) is 17.2. The van der Waals surface area contributed by atoms with E-state index in [0.29, 0.717) is 0 Å². The van der Waals surface area contributed by atoms with E-state index >= 15 is 0 Å². The van der Waals surface area contributed by atoms with E-state index in [1.807, 2.05) is 0 Å². The highest BCUT2D eigenvalue weighted by Gasteiger charge is 2.21. The van der Waals surface area contributed by atoms with Gasteiger partial charge >= 0.3 is 0 Å². The van der Waals surface area contributed by atoms with Crippen LogP contribution < -0.4 is 0 Å². The van der Waals surface area contributed by atoms with Crippen molar-refractivity contribution in [2.75, 3.05) is 0 Å². The average molecular weight is 359 g/mol. The van der Waals surface area contributed by atoms with Crippen molar-refractivity contribution in [2.45, 2.75) is 104 Å². The third kappa shape index (κ3) is 6.70. The minimum atomic E-state index is 0.265. The van der Waals surface area contributed by atoms with Crippen LogP contribution in [0.5, 0.6) is 0 Å². The lowest BCUT2D eigenvalue weighted by Crippen LogP contribution is -1.99. The van der Waals surface area contributed by atoms with Crippen LogP contribution in [-0.4, -0.2) is 0 Å². The monoisotopic (exact) mass is 358 g/mol. The van der Waals surface area contributed by atoms with Gasteiger partial charge in [0.2, 0.25) is 0 Å². The van der Waals surface area contributed by atoms with Gasteiger partial charge in [0.05, 0.1) is 5.92 Å². The highest BCUT2D eigenvalue weighted by Crippen LogP contribution is 2.33. The Hall–Kier alpha value is -1.44.